The molecule has 0 unspecified atom stereocenters. The van der Waals surface area contributed by atoms with Crippen LogP contribution in [0.3, 0.4) is 0 Å². The summed E-state index contributed by atoms with van der Waals surface area (Å²) in [6, 6.07) is 3.01. The standard InChI is InChI=1S/C22H23N5O6S/c28-18-4-3-17(20(29)24-18)27-11-15-14(21(27)30)1-2-16-19(15)33-12-22(16)5-8-25(9-6-22)34(31,32)26-10-7-23-13-26/h1-2,7,10,13,17H,3-6,8-9,11-12H2,(H,24,28,29)/t17-/m0/s1. The highest BCUT2D eigenvalue weighted by Gasteiger charge is 2.48. The smallest absolute Gasteiger partial charge is 0.308 e. The zero-order valence-electron chi connectivity index (χ0n) is 18.3. The van der Waals surface area contributed by atoms with Crippen molar-refractivity contribution in [1.29, 1.82) is 0 Å². The number of carbonyl (C=O) groups is 3. The highest BCUT2D eigenvalue weighted by atomic mass is 32.2. The third-order valence-corrected chi connectivity index (χ3v) is 9.25. The Balaban J connectivity index is 1.24. The van der Waals surface area contributed by atoms with Crippen molar-refractivity contribution < 1.29 is 27.5 Å². The zero-order chi connectivity index (χ0) is 23.7. The average Bonchev–Trinajstić information content (AvgIpc) is 3.54. The van der Waals surface area contributed by atoms with E-state index >= 15 is 0 Å². The van der Waals surface area contributed by atoms with Crippen LogP contribution in [0.1, 0.15) is 47.2 Å². The Hall–Kier alpha value is -3.25. The van der Waals surface area contributed by atoms with Gasteiger partial charge in [0.25, 0.3) is 5.91 Å². The molecule has 11 nitrogen and oxygen atoms in total. The minimum Gasteiger partial charge on any atom is -0.492 e. The summed E-state index contributed by atoms with van der Waals surface area (Å²) in [4.78, 5) is 42.3. The van der Waals surface area contributed by atoms with Crippen LogP contribution in [0, 0.1) is 0 Å². The van der Waals surface area contributed by atoms with E-state index in [0.717, 1.165) is 15.1 Å². The molecule has 2 aromatic rings. The van der Waals surface area contributed by atoms with Gasteiger partial charge in [-0.05, 0) is 25.3 Å². The molecule has 2 saturated heterocycles. The van der Waals surface area contributed by atoms with Gasteiger partial charge in [0.1, 0.15) is 18.1 Å². The number of amides is 3. The van der Waals surface area contributed by atoms with Crippen molar-refractivity contribution in [3.63, 3.8) is 0 Å². The van der Waals surface area contributed by atoms with Gasteiger partial charge in [-0.2, -0.15) is 12.7 Å². The number of piperidine rings is 2. The summed E-state index contributed by atoms with van der Waals surface area (Å²) in [7, 11) is -3.65. The van der Waals surface area contributed by atoms with E-state index in [1.165, 1.54) is 27.9 Å². The molecule has 0 saturated carbocycles. The first-order chi connectivity index (χ1) is 16.3. The number of imide groups is 1. The van der Waals surface area contributed by atoms with Gasteiger partial charge >= 0.3 is 10.2 Å². The van der Waals surface area contributed by atoms with E-state index in [2.05, 4.69) is 10.3 Å². The summed E-state index contributed by atoms with van der Waals surface area (Å²) in [5.74, 6) is -0.333. The van der Waals surface area contributed by atoms with Crippen molar-refractivity contribution in [2.75, 3.05) is 19.7 Å². The molecule has 178 valence electrons. The summed E-state index contributed by atoms with van der Waals surface area (Å²) in [6.07, 6.45) is 5.83. The second-order valence-electron chi connectivity index (χ2n) is 9.24. The predicted molar refractivity (Wildman–Crippen MR) is 117 cm³/mol. The van der Waals surface area contributed by atoms with Crippen molar-refractivity contribution in [2.24, 2.45) is 0 Å². The Bertz CT molecular complexity index is 1310. The van der Waals surface area contributed by atoms with Crippen LogP contribution in [0.4, 0.5) is 0 Å². The van der Waals surface area contributed by atoms with Crippen LogP contribution in [0.2, 0.25) is 0 Å². The van der Waals surface area contributed by atoms with Gasteiger partial charge in [-0.25, -0.2) is 8.96 Å². The minimum absolute atomic E-state index is 0.201. The SMILES string of the molecule is O=C1CC[C@H](N2Cc3c(ccc4c3OCC43CCN(S(=O)(=O)n4ccnc4)CC3)C2=O)C(=O)N1. The lowest BCUT2D eigenvalue weighted by molar-refractivity contribution is -0.136. The number of ether oxygens (including phenoxy) is 1. The summed E-state index contributed by atoms with van der Waals surface area (Å²) >= 11 is 0. The molecular formula is C22H23N5O6S. The molecule has 1 atom stereocenters. The van der Waals surface area contributed by atoms with Crippen LogP contribution >= 0.6 is 0 Å². The lowest BCUT2D eigenvalue weighted by Crippen LogP contribution is -2.52. The van der Waals surface area contributed by atoms with Crippen LogP contribution < -0.4 is 10.1 Å². The number of nitrogens with one attached hydrogen (secondary N) is 1. The molecule has 1 aromatic heterocycles. The summed E-state index contributed by atoms with van der Waals surface area (Å²) in [6.45, 7) is 1.37. The number of aromatic nitrogens is 2. The molecule has 5 heterocycles. The van der Waals surface area contributed by atoms with Crippen LogP contribution in [-0.4, -0.2) is 70.0 Å². The number of nitrogens with zero attached hydrogens (tertiary/aromatic N) is 4. The largest absolute Gasteiger partial charge is 0.492 e. The molecule has 12 heteroatoms. The van der Waals surface area contributed by atoms with Crippen molar-refractivity contribution >= 4 is 27.9 Å². The fourth-order valence-electron chi connectivity index (χ4n) is 5.56. The van der Waals surface area contributed by atoms with Crippen LogP contribution in [0.5, 0.6) is 5.75 Å². The molecule has 1 aromatic carbocycles. The first-order valence-electron chi connectivity index (χ1n) is 11.2. The topological polar surface area (TPSA) is 131 Å². The Morgan fingerprint density at radius 3 is 2.65 bits per heavy atom. The number of benzene rings is 1. The van der Waals surface area contributed by atoms with Gasteiger partial charge < -0.3 is 9.64 Å². The highest BCUT2D eigenvalue weighted by Crippen LogP contribution is 2.49. The quantitative estimate of drug-likeness (QED) is 0.613. The summed E-state index contributed by atoms with van der Waals surface area (Å²) < 4.78 is 34.4. The van der Waals surface area contributed by atoms with E-state index in [9.17, 15) is 22.8 Å². The van der Waals surface area contributed by atoms with Gasteiger partial charge in [0.15, 0.2) is 0 Å². The number of carbonyl (C=O) groups excluding carboxylic acids is 3. The molecule has 4 aliphatic heterocycles. The molecule has 0 bridgehead atoms. The second kappa shape index (κ2) is 7.37. The van der Waals surface area contributed by atoms with Gasteiger partial charge in [0, 0.05) is 54.0 Å². The number of fused-ring (bicyclic) bond motifs is 4. The molecule has 1 spiro atoms. The Labute approximate surface area is 195 Å². The maximum Gasteiger partial charge on any atom is 0.308 e. The lowest BCUT2D eigenvalue weighted by Gasteiger charge is -2.37. The summed E-state index contributed by atoms with van der Waals surface area (Å²) in [5.41, 5.74) is 1.94. The monoisotopic (exact) mass is 485 g/mol. The molecule has 3 amide bonds. The van der Waals surface area contributed by atoms with E-state index < -0.39 is 22.2 Å². The molecule has 0 radical (unpaired) electrons. The van der Waals surface area contributed by atoms with E-state index in [1.807, 2.05) is 6.07 Å². The van der Waals surface area contributed by atoms with Crippen molar-refractivity contribution in [1.82, 2.24) is 23.5 Å². The van der Waals surface area contributed by atoms with Crippen LogP contribution in [0.25, 0.3) is 0 Å². The minimum atomic E-state index is -3.65. The number of hydrogen-bond donors (Lipinski definition) is 1. The van der Waals surface area contributed by atoms with Crippen LogP contribution in [0.15, 0.2) is 30.9 Å². The van der Waals surface area contributed by atoms with Gasteiger partial charge in [-0.1, -0.05) is 6.07 Å². The van der Waals surface area contributed by atoms with E-state index in [1.54, 1.807) is 6.07 Å². The molecule has 6 rings (SSSR count). The Kier molecular flexibility index (Phi) is 4.62. The molecule has 4 aliphatic rings. The first-order valence-corrected chi connectivity index (χ1v) is 12.6. The van der Waals surface area contributed by atoms with E-state index in [4.69, 9.17) is 4.74 Å². The van der Waals surface area contributed by atoms with E-state index in [-0.39, 0.29) is 30.2 Å². The fraction of sp³-hybridized carbons (Fsp3) is 0.455. The molecule has 0 aliphatic carbocycles. The Morgan fingerprint density at radius 1 is 1.15 bits per heavy atom. The van der Waals surface area contributed by atoms with Gasteiger partial charge in [-0.3, -0.25) is 19.7 Å². The average molecular weight is 486 g/mol. The predicted octanol–water partition coefficient (Wildman–Crippen LogP) is 0.163. The van der Waals surface area contributed by atoms with Crippen LogP contribution in [-0.2, 0) is 31.8 Å². The fourth-order valence-corrected chi connectivity index (χ4v) is 6.85. The maximum absolute atomic E-state index is 13.1. The van der Waals surface area contributed by atoms with Gasteiger partial charge in [0.05, 0.1) is 13.2 Å². The van der Waals surface area contributed by atoms with Gasteiger partial charge in [-0.15, -0.1) is 0 Å². The summed E-state index contributed by atoms with van der Waals surface area (Å²) in [5, 5.41) is 2.32. The maximum atomic E-state index is 13.1. The van der Waals surface area contributed by atoms with Crippen molar-refractivity contribution in [2.45, 2.75) is 43.7 Å². The number of hydrogen-bond acceptors (Lipinski definition) is 7. The number of imidazole rings is 1. The third-order valence-electron chi connectivity index (χ3n) is 7.48. The van der Waals surface area contributed by atoms with Crippen molar-refractivity contribution in [3.8, 4) is 5.75 Å². The second-order valence-corrected chi connectivity index (χ2v) is 11.1. The zero-order valence-corrected chi connectivity index (χ0v) is 19.1. The number of rotatable bonds is 3. The van der Waals surface area contributed by atoms with Gasteiger partial charge in [0.2, 0.25) is 11.8 Å². The highest BCUT2D eigenvalue weighted by molar-refractivity contribution is 7.87. The van der Waals surface area contributed by atoms with Crippen molar-refractivity contribution in [3.05, 3.63) is 47.5 Å². The Morgan fingerprint density at radius 2 is 1.94 bits per heavy atom. The third kappa shape index (κ3) is 3.01. The molecule has 34 heavy (non-hydrogen) atoms. The molecular weight excluding hydrogens is 462 g/mol. The molecule has 2 fully saturated rings. The normalized spacial score (nSPS) is 24.2. The van der Waals surface area contributed by atoms with E-state index in [0.29, 0.717) is 50.3 Å². The molecule has 1 N–H and O–H groups in total. The lowest BCUT2D eigenvalue weighted by atomic mass is 9.74. The first kappa shape index (κ1) is 21.3.